The van der Waals surface area contributed by atoms with Gasteiger partial charge in [0.05, 0.1) is 6.10 Å². The fourth-order valence-electron chi connectivity index (χ4n) is 3.35. The van der Waals surface area contributed by atoms with Gasteiger partial charge < -0.3 is 10.4 Å². The van der Waals surface area contributed by atoms with E-state index in [0.29, 0.717) is 12.0 Å². The quantitative estimate of drug-likeness (QED) is 0.855. The van der Waals surface area contributed by atoms with Crippen LogP contribution in [0.4, 0.5) is 0 Å². The van der Waals surface area contributed by atoms with Gasteiger partial charge in [0.25, 0.3) is 0 Å². The number of benzene rings is 1. The van der Waals surface area contributed by atoms with Crippen LogP contribution in [0.25, 0.3) is 0 Å². The Kier molecular flexibility index (Phi) is 3.67. The Labute approximate surface area is 109 Å². The molecule has 2 heteroatoms. The molecule has 0 aromatic heterocycles. The molecule has 2 atom stereocenters. The lowest BCUT2D eigenvalue weighted by Gasteiger charge is -2.37. The van der Waals surface area contributed by atoms with Crippen molar-refractivity contribution in [1.29, 1.82) is 0 Å². The van der Waals surface area contributed by atoms with Crippen LogP contribution >= 0.6 is 0 Å². The second-order valence-corrected chi connectivity index (χ2v) is 6.02. The Hall–Kier alpha value is -0.860. The van der Waals surface area contributed by atoms with Gasteiger partial charge in [0, 0.05) is 6.04 Å². The summed E-state index contributed by atoms with van der Waals surface area (Å²) in [6.07, 6.45) is 5.72. The van der Waals surface area contributed by atoms with Crippen LogP contribution in [0.2, 0.25) is 0 Å². The third kappa shape index (κ3) is 2.76. The van der Waals surface area contributed by atoms with Gasteiger partial charge in [-0.1, -0.05) is 30.3 Å². The lowest BCUT2D eigenvalue weighted by Crippen LogP contribution is -2.42. The summed E-state index contributed by atoms with van der Waals surface area (Å²) < 4.78 is 0. The van der Waals surface area contributed by atoms with Gasteiger partial charge in [-0.05, 0) is 56.0 Å². The molecular formula is C16H23NO. The minimum Gasteiger partial charge on any atom is -0.393 e. The van der Waals surface area contributed by atoms with Crippen LogP contribution in [0.1, 0.15) is 43.6 Å². The van der Waals surface area contributed by atoms with E-state index < -0.39 is 0 Å². The van der Waals surface area contributed by atoms with E-state index >= 15 is 0 Å². The first-order valence-electron chi connectivity index (χ1n) is 7.27. The van der Waals surface area contributed by atoms with Crippen LogP contribution in [0.5, 0.6) is 0 Å². The topological polar surface area (TPSA) is 32.3 Å². The summed E-state index contributed by atoms with van der Waals surface area (Å²) in [6, 6.07) is 11.5. The van der Waals surface area contributed by atoms with Gasteiger partial charge in [0.2, 0.25) is 0 Å². The molecule has 18 heavy (non-hydrogen) atoms. The van der Waals surface area contributed by atoms with Crippen LogP contribution in [0.15, 0.2) is 30.3 Å². The van der Waals surface area contributed by atoms with Crippen molar-refractivity contribution in [3.05, 3.63) is 35.9 Å². The third-order valence-corrected chi connectivity index (χ3v) is 4.62. The molecule has 0 saturated heterocycles. The Bertz CT molecular complexity index is 372. The van der Waals surface area contributed by atoms with E-state index in [1.807, 2.05) is 0 Å². The number of rotatable bonds is 4. The molecule has 2 nitrogen and oxygen atoms in total. The molecule has 2 fully saturated rings. The zero-order chi connectivity index (χ0) is 12.4. The summed E-state index contributed by atoms with van der Waals surface area (Å²) >= 11 is 0. The smallest absolute Gasteiger partial charge is 0.0543 e. The van der Waals surface area contributed by atoms with Gasteiger partial charge in [-0.15, -0.1) is 0 Å². The molecule has 3 rings (SSSR count). The largest absolute Gasteiger partial charge is 0.393 e. The average Bonchev–Trinajstić information content (AvgIpc) is 2.74. The van der Waals surface area contributed by atoms with E-state index in [1.54, 1.807) is 0 Å². The van der Waals surface area contributed by atoms with E-state index in [2.05, 4.69) is 35.6 Å². The maximum Gasteiger partial charge on any atom is 0.0543 e. The first-order chi connectivity index (χ1) is 8.81. The zero-order valence-electron chi connectivity index (χ0n) is 10.9. The summed E-state index contributed by atoms with van der Waals surface area (Å²) in [5.74, 6) is 1.47. The minimum absolute atomic E-state index is 0.0322. The van der Waals surface area contributed by atoms with Crippen molar-refractivity contribution in [2.75, 3.05) is 6.54 Å². The predicted octanol–water partition coefficient (Wildman–Crippen LogP) is 2.68. The van der Waals surface area contributed by atoms with Crippen LogP contribution in [-0.2, 0) is 0 Å². The van der Waals surface area contributed by atoms with Crippen molar-refractivity contribution >= 4 is 0 Å². The number of hydrogen-bond acceptors (Lipinski definition) is 2. The monoisotopic (exact) mass is 245 g/mol. The fourth-order valence-corrected chi connectivity index (χ4v) is 3.35. The Morgan fingerprint density at radius 1 is 1.06 bits per heavy atom. The molecular weight excluding hydrogens is 222 g/mol. The summed E-state index contributed by atoms with van der Waals surface area (Å²) in [5, 5.41) is 13.2. The predicted molar refractivity (Wildman–Crippen MR) is 73.6 cm³/mol. The molecule has 0 heterocycles. The van der Waals surface area contributed by atoms with Crippen LogP contribution in [0, 0.1) is 5.92 Å². The van der Waals surface area contributed by atoms with Gasteiger partial charge in [0.15, 0.2) is 0 Å². The molecule has 2 aliphatic rings. The van der Waals surface area contributed by atoms with Crippen LogP contribution in [-0.4, -0.2) is 23.8 Å². The second kappa shape index (κ2) is 5.41. The number of aliphatic hydroxyl groups is 1. The lowest BCUT2D eigenvalue weighted by atomic mass is 9.76. The number of aliphatic hydroxyl groups excluding tert-OH is 1. The van der Waals surface area contributed by atoms with Gasteiger partial charge in [-0.3, -0.25) is 0 Å². The van der Waals surface area contributed by atoms with Crippen LogP contribution in [0.3, 0.4) is 0 Å². The Morgan fingerprint density at radius 2 is 1.83 bits per heavy atom. The highest BCUT2D eigenvalue weighted by Gasteiger charge is 2.31. The Morgan fingerprint density at radius 3 is 2.50 bits per heavy atom. The maximum absolute atomic E-state index is 9.50. The van der Waals surface area contributed by atoms with E-state index in [-0.39, 0.29) is 6.10 Å². The molecule has 98 valence electrons. The van der Waals surface area contributed by atoms with Gasteiger partial charge in [-0.25, -0.2) is 0 Å². The summed E-state index contributed by atoms with van der Waals surface area (Å²) in [6.45, 7) is 1.10. The highest BCUT2D eigenvalue weighted by atomic mass is 16.3. The molecule has 0 aliphatic heterocycles. The van der Waals surface area contributed by atoms with Crippen molar-refractivity contribution < 1.29 is 5.11 Å². The van der Waals surface area contributed by atoms with Gasteiger partial charge >= 0.3 is 0 Å². The molecule has 1 aromatic carbocycles. The van der Waals surface area contributed by atoms with Crippen LogP contribution < -0.4 is 5.32 Å². The standard InChI is InChI=1S/C16H23NO/c18-16-7-6-12(8-16)11-17-15-9-14(10-15)13-4-2-1-3-5-13/h1-5,12,14-18H,6-11H2. The van der Waals surface area contributed by atoms with Crippen molar-refractivity contribution in [1.82, 2.24) is 5.32 Å². The average molecular weight is 245 g/mol. The first kappa shape index (κ1) is 12.2. The highest BCUT2D eigenvalue weighted by Crippen LogP contribution is 2.37. The first-order valence-corrected chi connectivity index (χ1v) is 7.27. The summed E-state index contributed by atoms with van der Waals surface area (Å²) in [7, 11) is 0. The third-order valence-electron chi connectivity index (χ3n) is 4.62. The van der Waals surface area contributed by atoms with E-state index in [0.717, 1.165) is 25.3 Å². The summed E-state index contributed by atoms with van der Waals surface area (Å²) in [4.78, 5) is 0. The normalized spacial score (nSPS) is 35.4. The molecule has 2 N–H and O–H groups in total. The fraction of sp³-hybridized carbons (Fsp3) is 0.625. The van der Waals surface area contributed by atoms with E-state index in [4.69, 9.17) is 0 Å². The van der Waals surface area contributed by atoms with Gasteiger partial charge in [-0.2, -0.15) is 0 Å². The molecule has 1 aromatic rings. The van der Waals surface area contributed by atoms with Gasteiger partial charge in [0.1, 0.15) is 0 Å². The van der Waals surface area contributed by atoms with E-state index in [1.165, 1.54) is 24.8 Å². The number of hydrogen-bond donors (Lipinski definition) is 2. The summed E-state index contributed by atoms with van der Waals surface area (Å²) in [5.41, 5.74) is 1.49. The molecule has 0 spiro atoms. The molecule has 0 bridgehead atoms. The van der Waals surface area contributed by atoms with E-state index in [9.17, 15) is 5.11 Å². The lowest BCUT2D eigenvalue weighted by molar-refractivity contribution is 0.176. The van der Waals surface area contributed by atoms with Crippen molar-refractivity contribution in [2.24, 2.45) is 5.92 Å². The minimum atomic E-state index is -0.0322. The second-order valence-electron chi connectivity index (χ2n) is 6.02. The molecule has 0 radical (unpaired) electrons. The molecule has 2 unspecified atom stereocenters. The highest BCUT2D eigenvalue weighted by molar-refractivity contribution is 5.22. The number of nitrogens with one attached hydrogen (secondary N) is 1. The van der Waals surface area contributed by atoms with Crippen molar-refractivity contribution in [3.8, 4) is 0 Å². The molecule has 0 amide bonds. The Balaban J connectivity index is 1.38. The SMILES string of the molecule is OC1CCC(CNC2CC(c3ccccc3)C2)C1. The maximum atomic E-state index is 9.50. The molecule has 2 aliphatic carbocycles. The molecule has 2 saturated carbocycles. The zero-order valence-corrected chi connectivity index (χ0v) is 10.9. The van der Waals surface area contributed by atoms with Crippen molar-refractivity contribution in [2.45, 2.75) is 50.2 Å². The van der Waals surface area contributed by atoms with Crippen molar-refractivity contribution in [3.63, 3.8) is 0 Å².